The summed E-state index contributed by atoms with van der Waals surface area (Å²) < 4.78 is 0. The van der Waals surface area contributed by atoms with Crippen LogP contribution in [0.15, 0.2) is 24.3 Å². The van der Waals surface area contributed by atoms with Gasteiger partial charge in [0.25, 0.3) is 0 Å². The van der Waals surface area contributed by atoms with Crippen molar-refractivity contribution in [3.63, 3.8) is 0 Å². The quantitative estimate of drug-likeness (QED) is 0.538. The van der Waals surface area contributed by atoms with Gasteiger partial charge < -0.3 is 15.5 Å². The highest BCUT2D eigenvalue weighted by Crippen LogP contribution is 2.44. The van der Waals surface area contributed by atoms with Crippen molar-refractivity contribution in [2.45, 2.75) is 24.2 Å². The highest BCUT2D eigenvalue weighted by atomic mass is 16.4. The van der Waals surface area contributed by atoms with Gasteiger partial charge in [-0.2, -0.15) is 0 Å². The van der Waals surface area contributed by atoms with Crippen LogP contribution < -0.4 is 10.6 Å². The summed E-state index contributed by atoms with van der Waals surface area (Å²) in [6.45, 7) is 0. The van der Waals surface area contributed by atoms with Gasteiger partial charge in [-0.15, -0.1) is 0 Å². The third kappa shape index (κ3) is 1.10. The van der Waals surface area contributed by atoms with Gasteiger partial charge >= 0.3 is 5.97 Å². The second-order valence-electron chi connectivity index (χ2n) is 4.31. The van der Waals surface area contributed by atoms with Crippen molar-refractivity contribution in [3.05, 3.63) is 29.8 Å². The molecule has 1 aromatic carbocycles. The minimum absolute atomic E-state index is 0.191. The second kappa shape index (κ2) is 2.96. The highest BCUT2D eigenvalue weighted by molar-refractivity contribution is 5.76. The number of aliphatic carboxylic acids is 1. The fourth-order valence-corrected chi connectivity index (χ4v) is 2.55. The summed E-state index contributed by atoms with van der Waals surface area (Å²) in [7, 11) is 0. The molecular formula is C11H12N2O3. The largest absolute Gasteiger partial charge is 0.480 e. The van der Waals surface area contributed by atoms with Gasteiger partial charge in [-0.05, 0) is 6.07 Å². The number of anilines is 1. The Kier molecular flexibility index (Phi) is 1.78. The number of rotatable bonds is 1. The topological polar surface area (TPSA) is 81.6 Å². The normalized spacial score (nSPS) is 35.3. The fraction of sp³-hybridized carbons (Fsp3) is 0.364. The first kappa shape index (κ1) is 9.62. The van der Waals surface area contributed by atoms with Crippen molar-refractivity contribution in [1.82, 2.24) is 5.32 Å². The Bertz CT molecular complexity index is 462. The summed E-state index contributed by atoms with van der Waals surface area (Å²) in [5, 5.41) is 25.4. The Balaban J connectivity index is 2.01. The Labute approximate surface area is 92.1 Å². The van der Waals surface area contributed by atoms with Crippen LogP contribution in [0.1, 0.15) is 12.0 Å². The molecule has 16 heavy (non-hydrogen) atoms. The molecule has 1 fully saturated rings. The number of nitrogens with one attached hydrogen (secondary N) is 2. The molecule has 0 saturated carbocycles. The lowest BCUT2D eigenvalue weighted by atomic mass is 9.91. The van der Waals surface area contributed by atoms with E-state index in [-0.39, 0.29) is 6.42 Å². The Morgan fingerprint density at radius 2 is 2.19 bits per heavy atom. The van der Waals surface area contributed by atoms with Gasteiger partial charge in [0, 0.05) is 17.7 Å². The van der Waals surface area contributed by atoms with Crippen molar-refractivity contribution in [3.8, 4) is 0 Å². The van der Waals surface area contributed by atoms with E-state index in [0.717, 1.165) is 11.3 Å². The summed E-state index contributed by atoms with van der Waals surface area (Å²) in [4.78, 5) is 10.9. The van der Waals surface area contributed by atoms with Crippen molar-refractivity contribution in [2.75, 3.05) is 5.32 Å². The molecule has 0 amide bonds. The van der Waals surface area contributed by atoms with Crippen LogP contribution in [-0.2, 0) is 10.4 Å². The van der Waals surface area contributed by atoms with Gasteiger partial charge in [0.1, 0.15) is 17.8 Å². The van der Waals surface area contributed by atoms with E-state index in [1.807, 2.05) is 24.3 Å². The van der Waals surface area contributed by atoms with E-state index in [9.17, 15) is 9.90 Å². The summed E-state index contributed by atoms with van der Waals surface area (Å²) in [5.74, 6) is -0.929. The van der Waals surface area contributed by atoms with Gasteiger partial charge in [-0.3, -0.25) is 10.1 Å². The molecule has 5 heteroatoms. The van der Waals surface area contributed by atoms with Crippen molar-refractivity contribution in [1.29, 1.82) is 0 Å². The van der Waals surface area contributed by atoms with Crippen molar-refractivity contribution >= 4 is 11.7 Å². The molecule has 5 nitrogen and oxygen atoms in total. The fourth-order valence-electron chi connectivity index (χ4n) is 2.55. The molecule has 0 spiro atoms. The SMILES string of the molecule is O=C(O)C1CC2(O)c3ccccc3NC2N1. The van der Waals surface area contributed by atoms with E-state index in [1.54, 1.807) is 0 Å². The Hall–Kier alpha value is -1.59. The van der Waals surface area contributed by atoms with E-state index < -0.39 is 23.8 Å². The molecule has 0 radical (unpaired) electrons. The van der Waals surface area contributed by atoms with Gasteiger partial charge in [0.15, 0.2) is 0 Å². The zero-order valence-corrected chi connectivity index (χ0v) is 8.47. The van der Waals surface area contributed by atoms with E-state index in [1.165, 1.54) is 0 Å². The van der Waals surface area contributed by atoms with Crippen molar-refractivity contribution in [2.24, 2.45) is 0 Å². The third-order valence-electron chi connectivity index (χ3n) is 3.35. The van der Waals surface area contributed by atoms with E-state index >= 15 is 0 Å². The average Bonchev–Trinajstić information content (AvgIpc) is 2.69. The molecule has 3 rings (SSSR count). The smallest absolute Gasteiger partial charge is 0.320 e. The number of hydrogen-bond donors (Lipinski definition) is 4. The zero-order valence-electron chi connectivity index (χ0n) is 8.47. The molecule has 4 N–H and O–H groups in total. The number of aliphatic hydroxyl groups is 1. The van der Waals surface area contributed by atoms with Crippen LogP contribution in [-0.4, -0.2) is 28.4 Å². The molecule has 3 unspecified atom stereocenters. The molecule has 3 atom stereocenters. The van der Waals surface area contributed by atoms with E-state index in [0.29, 0.717) is 0 Å². The molecule has 2 aliphatic heterocycles. The van der Waals surface area contributed by atoms with Crippen LogP contribution in [0.2, 0.25) is 0 Å². The number of benzene rings is 1. The molecule has 0 aromatic heterocycles. The lowest BCUT2D eigenvalue weighted by Crippen LogP contribution is -2.42. The number of para-hydroxylation sites is 1. The predicted molar refractivity (Wildman–Crippen MR) is 56.9 cm³/mol. The lowest BCUT2D eigenvalue weighted by Gasteiger charge is -2.21. The number of carbonyl (C=O) groups is 1. The average molecular weight is 220 g/mol. The molecule has 0 bridgehead atoms. The molecule has 84 valence electrons. The van der Waals surface area contributed by atoms with Gasteiger partial charge in [0.2, 0.25) is 0 Å². The van der Waals surface area contributed by atoms with E-state index in [2.05, 4.69) is 10.6 Å². The summed E-state index contributed by atoms with van der Waals surface area (Å²) in [6.07, 6.45) is -0.220. The number of fused-ring (bicyclic) bond motifs is 3. The maximum atomic E-state index is 10.9. The Morgan fingerprint density at radius 1 is 1.44 bits per heavy atom. The molecule has 2 aliphatic rings. The molecular weight excluding hydrogens is 208 g/mol. The maximum absolute atomic E-state index is 10.9. The van der Waals surface area contributed by atoms with Crippen LogP contribution in [0.3, 0.4) is 0 Å². The van der Waals surface area contributed by atoms with Crippen LogP contribution in [0.5, 0.6) is 0 Å². The first-order chi connectivity index (χ1) is 7.61. The maximum Gasteiger partial charge on any atom is 0.320 e. The van der Waals surface area contributed by atoms with Crippen molar-refractivity contribution < 1.29 is 15.0 Å². The third-order valence-corrected chi connectivity index (χ3v) is 3.35. The second-order valence-corrected chi connectivity index (χ2v) is 4.31. The number of carboxylic acids is 1. The minimum atomic E-state index is -1.11. The van der Waals surface area contributed by atoms with E-state index in [4.69, 9.17) is 5.11 Å². The first-order valence-corrected chi connectivity index (χ1v) is 5.18. The monoisotopic (exact) mass is 220 g/mol. The van der Waals surface area contributed by atoms with Gasteiger partial charge in [-0.25, -0.2) is 0 Å². The zero-order chi connectivity index (χ0) is 11.3. The molecule has 2 heterocycles. The Morgan fingerprint density at radius 3 is 2.94 bits per heavy atom. The summed E-state index contributed by atoms with van der Waals surface area (Å²) >= 11 is 0. The standard InChI is InChI=1S/C11H12N2O3/c14-9(15)8-5-11(16)6-3-1-2-4-7(6)12-10(11)13-8/h1-4,8,10,12-13,16H,5H2,(H,14,15). The molecule has 0 aliphatic carbocycles. The summed E-state index contributed by atoms with van der Waals surface area (Å²) in [5.41, 5.74) is 0.530. The van der Waals surface area contributed by atoms with Crippen LogP contribution >= 0.6 is 0 Å². The molecule has 1 aromatic rings. The predicted octanol–water partition coefficient (Wildman–Crippen LogP) is 0.0723. The highest BCUT2D eigenvalue weighted by Gasteiger charge is 2.53. The summed E-state index contributed by atoms with van der Waals surface area (Å²) in [6, 6.07) is 6.73. The number of hydrogen-bond acceptors (Lipinski definition) is 4. The number of carboxylic acid groups (broad SMARTS) is 1. The minimum Gasteiger partial charge on any atom is -0.480 e. The molecule has 1 saturated heterocycles. The van der Waals surface area contributed by atoms with Crippen LogP contribution in [0, 0.1) is 0 Å². The first-order valence-electron chi connectivity index (χ1n) is 5.18. The lowest BCUT2D eigenvalue weighted by molar-refractivity contribution is -0.139. The van der Waals surface area contributed by atoms with Gasteiger partial charge in [0.05, 0.1) is 0 Å². The van der Waals surface area contributed by atoms with Crippen LogP contribution in [0.25, 0.3) is 0 Å². The van der Waals surface area contributed by atoms with Gasteiger partial charge in [-0.1, -0.05) is 18.2 Å². The van der Waals surface area contributed by atoms with Crippen LogP contribution in [0.4, 0.5) is 5.69 Å².